The van der Waals surface area contributed by atoms with Crippen LogP contribution >= 0.6 is 0 Å². The van der Waals surface area contributed by atoms with Crippen LogP contribution in [0.15, 0.2) is 0 Å². The van der Waals surface area contributed by atoms with Crippen molar-refractivity contribution >= 4 is 12.0 Å². The van der Waals surface area contributed by atoms with Crippen LogP contribution in [0.4, 0.5) is 4.79 Å². The summed E-state index contributed by atoms with van der Waals surface area (Å²) < 4.78 is 0. The van der Waals surface area contributed by atoms with Crippen LogP contribution in [0.25, 0.3) is 0 Å². The average molecular weight is 228 g/mol. The number of aliphatic carboxylic acids is 1. The van der Waals surface area contributed by atoms with Gasteiger partial charge in [0.25, 0.3) is 0 Å². The number of amides is 2. The lowest BCUT2D eigenvalue weighted by Gasteiger charge is -2.12. The third-order valence-corrected chi connectivity index (χ3v) is 1.82. The van der Waals surface area contributed by atoms with Gasteiger partial charge in [-0.05, 0) is 12.8 Å². The summed E-state index contributed by atoms with van der Waals surface area (Å²) in [7, 11) is 0. The van der Waals surface area contributed by atoms with E-state index < -0.39 is 24.6 Å². The Bertz CT molecular complexity index is 272. The molecule has 16 heavy (non-hydrogen) atoms. The van der Waals surface area contributed by atoms with E-state index >= 15 is 0 Å². The smallest absolute Gasteiger partial charge is 0.328 e. The van der Waals surface area contributed by atoms with Gasteiger partial charge in [0.2, 0.25) is 0 Å². The molecule has 6 heteroatoms. The highest BCUT2D eigenvalue weighted by Crippen LogP contribution is 1.91. The molecule has 0 fully saturated rings. The molecule has 90 valence electrons. The molecule has 0 aliphatic carbocycles. The minimum Gasteiger partial charge on any atom is -0.480 e. The van der Waals surface area contributed by atoms with Crippen molar-refractivity contribution < 1.29 is 19.8 Å². The number of unbranched alkanes of at least 4 members (excludes halogenated alkanes) is 2. The van der Waals surface area contributed by atoms with Crippen molar-refractivity contribution in [2.45, 2.75) is 25.3 Å². The Kier molecular flexibility index (Phi) is 7.63. The summed E-state index contributed by atoms with van der Waals surface area (Å²) in [5.74, 6) is 1.20. The minimum atomic E-state index is -1.27. The monoisotopic (exact) mass is 228 g/mol. The topological polar surface area (TPSA) is 98.7 Å². The fraction of sp³-hybridized carbons (Fsp3) is 0.600. The largest absolute Gasteiger partial charge is 0.480 e. The molecule has 0 unspecified atom stereocenters. The molecule has 0 rings (SSSR count). The molecular weight excluding hydrogens is 212 g/mol. The van der Waals surface area contributed by atoms with Gasteiger partial charge in [0.15, 0.2) is 6.04 Å². The summed E-state index contributed by atoms with van der Waals surface area (Å²) in [6.45, 7) is -0.217. The van der Waals surface area contributed by atoms with Crippen molar-refractivity contribution in [1.82, 2.24) is 10.6 Å². The lowest BCUT2D eigenvalue weighted by Crippen LogP contribution is -2.48. The standard InChI is InChI=1S/C10H16N2O4/c1-2-3-4-5-6-11-10(16)12-8(7-13)9(14)15/h1,8,13H,3-7H2,(H,14,15)(H2,11,12,16)/t8-/m0/s1. The van der Waals surface area contributed by atoms with E-state index in [1.807, 2.05) is 0 Å². The van der Waals surface area contributed by atoms with Crippen LogP contribution in [0.3, 0.4) is 0 Å². The summed E-state index contributed by atoms with van der Waals surface area (Å²) >= 11 is 0. The van der Waals surface area contributed by atoms with Crippen molar-refractivity contribution in [2.75, 3.05) is 13.2 Å². The van der Waals surface area contributed by atoms with Crippen molar-refractivity contribution in [3.05, 3.63) is 0 Å². The molecular formula is C10H16N2O4. The van der Waals surface area contributed by atoms with E-state index in [0.29, 0.717) is 13.0 Å². The molecule has 0 saturated carbocycles. The maximum absolute atomic E-state index is 11.1. The number of rotatable bonds is 7. The lowest BCUT2D eigenvalue weighted by atomic mass is 10.2. The van der Waals surface area contributed by atoms with Crippen LogP contribution in [0.5, 0.6) is 0 Å². The highest BCUT2D eigenvalue weighted by molar-refractivity contribution is 5.82. The Morgan fingerprint density at radius 1 is 1.38 bits per heavy atom. The van der Waals surface area contributed by atoms with Gasteiger partial charge >= 0.3 is 12.0 Å². The molecule has 6 nitrogen and oxygen atoms in total. The van der Waals surface area contributed by atoms with Gasteiger partial charge in [0, 0.05) is 13.0 Å². The quantitative estimate of drug-likeness (QED) is 0.350. The number of urea groups is 1. The van der Waals surface area contributed by atoms with Crippen LogP contribution in [-0.4, -0.2) is 41.4 Å². The number of carboxylic acids is 1. The number of carboxylic acid groups (broad SMARTS) is 1. The first kappa shape index (κ1) is 14.3. The first-order valence-corrected chi connectivity index (χ1v) is 4.93. The number of hydrogen-bond donors (Lipinski definition) is 4. The first-order valence-electron chi connectivity index (χ1n) is 4.93. The van der Waals surface area contributed by atoms with Gasteiger partial charge < -0.3 is 20.8 Å². The third kappa shape index (κ3) is 6.68. The molecule has 0 aromatic carbocycles. The molecule has 0 saturated heterocycles. The second-order valence-electron chi connectivity index (χ2n) is 3.13. The molecule has 0 spiro atoms. The fourth-order valence-electron chi connectivity index (χ4n) is 0.949. The zero-order chi connectivity index (χ0) is 12.4. The normalized spacial score (nSPS) is 11.2. The Morgan fingerprint density at radius 2 is 2.06 bits per heavy atom. The zero-order valence-electron chi connectivity index (χ0n) is 8.90. The number of terminal acetylenes is 1. The molecule has 0 bridgehead atoms. The highest BCUT2D eigenvalue weighted by Gasteiger charge is 2.17. The van der Waals surface area contributed by atoms with E-state index in [-0.39, 0.29) is 0 Å². The first-order chi connectivity index (χ1) is 7.61. The van der Waals surface area contributed by atoms with E-state index in [9.17, 15) is 9.59 Å². The van der Waals surface area contributed by atoms with Crippen LogP contribution in [-0.2, 0) is 4.79 Å². The Hall–Kier alpha value is -1.74. The second kappa shape index (κ2) is 8.56. The number of carbonyl (C=O) groups is 2. The summed E-state index contributed by atoms with van der Waals surface area (Å²) in [5.41, 5.74) is 0. The average Bonchev–Trinajstić information content (AvgIpc) is 2.25. The van der Waals surface area contributed by atoms with Crippen molar-refractivity contribution in [3.63, 3.8) is 0 Å². The molecule has 0 aliphatic heterocycles. The predicted octanol–water partition coefficient (Wildman–Crippen LogP) is -0.465. The van der Waals surface area contributed by atoms with Crippen LogP contribution in [0.1, 0.15) is 19.3 Å². The Labute approximate surface area is 94.0 Å². The Morgan fingerprint density at radius 3 is 2.56 bits per heavy atom. The van der Waals surface area contributed by atoms with E-state index in [0.717, 1.165) is 12.8 Å². The van der Waals surface area contributed by atoms with E-state index in [4.69, 9.17) is 16.6 Å². The maximum atomic E-state index is 11.1. The molecule has 1 atom stereocenters. The van der Waals surface area contributed by atoms with Crippen LogP contribution < -0.4 is 10.6 Å². The van der Waals surface area contributed by atoms with Crippen molar-refractivity contribution in [1.29, 1.82) is 0 Å². The fourth-order valence-corrected chi connectivity index (χ4v) is 0.949. The number of aliphatic hydroxyl groups excluding tert-OH is 1. The molecule has 0 radical (unpaired) electrons. The summed E-state index contributed by atoms with van der Waals surface area (Å²) in [6.07, 6.45) is 7.23. The van der Waals surface area contributed by atoms with Gasteiger partial charge in [-0.25, -0.2) is 9.59 Å². The maximum Gasteiger partial charge on any atom is 0.328 e. The van der Waals surface area contributed by atoms with Gasteiger partial charge in [0.1, 0.15) is 0 Å². The molecule has 0 aromatic heterocycles. The van der Waals surface area contributed by atoms with E-state index in [2.05, 4.69) is 16.6 Å². The van der Waals surface area contributed by atoms with Crippen molar-refractivity contribution in [2.24, 2.45) is 0 Å². The highest BCUT2D eigenvalue weighted by atomic mass is 16.4. The minimum absolute atomic E-state index is 0.422. The molecule has 0 aromatic rings. The van der Waals surface area contributed by atoms with Crippen LogP contribution in [0, 0.1) is 12.3 Å². The van der Waals surface area contributed by atoms with Gasteiger partial charge in [0.05, 0.1) is 6.61 Å². The van der Waals surface area contributed by atoms with Crippen molar-refractivity contribution in [3.8, 4) is 12.3 Å². The number of carbonyl (C=O) groups excluding carboxylic acids is 1. The van der Waals surface area contributed by atoms with Gasteiger partial charge in [-0.15, -0.1) is 12.3 Å². The zero-order valence-corrected chi connectivity index (χ0v) is 8.90. The second-order valence-corrected chi connectivity index (χ2v) is 3.13. The molecule has 4 N–H and O–H groups in total. The van der Waals surface area contributed by atoms with Gasteiger partial charge in [-0.1, -0.05) is 0 Å². The SMILES string of the molecule is C#CCCCCNC(=O)N[C@@H](CO)C(=O)O. The van der Waals surface area contributed by atoms with Gasteiger partial charge in [-0.2, -0.15) is 0 Å². The predicted molar refractivity (Wildman–Crippen MR) is 57.7 cm³/mol. The van der Waals surface area contributed by atoms with E-state index in [1.54, 1.807) is 0 Å². The Balaban J connectivity index is 3.65. The number of nitrogens with one attached hydrogen (secondary N) is 2. The van der Waals surface area contributed by atoms with Gasteiger partial charge in [-0.3, -0.25) is 0 Å². The number of aliphatic hydroxyl groups is 1. The molecule has 0 heterocycles. The molecule has 0 aliphatic rings. The number of hydrogen-bond acceptors (Lipinski definition) is 3. The van der Waals surface area contributed by atoms with Crippen LogP contribution in [0.2, 0.25) is 0 Å². The summed E-state index contributed by atoms with van der Waals surface area (Å²) in [5, 5.41) is 21.8. The molecule has 2 amide bonds. The summed E-state index contributed by atoms with van der Waals surface area (Å²) in [6, 6.07) is -1.88. The van der Waals surface area contributed by atoms with E-state index in [1.165, 1.54) is 0 Å². The lowest BCUT2D eigenvalue weighted by molar-refractivity contribution is -0.140. The third-order valence-electron chi connectivity index (χ3n) is 1.82. The summed E-state index contributed by atoms with van der Waals surface area (Å²) in [4.78, 5) is 21.6.